The fourth-order valence-electron chi connectivity index (χ4n) is 3.52. The molecule has 0 heterocycles. The summed E-state index contributed by atoms with van der Waals surface area (Å²) in [4.78, 5) is 12.9. The highest BCUT2D eigenvalue weighted by atomic mass is 35.5. The Morgan fingerprint density at radius 1 is 0.971 bits per heavy atom. The van der Waals surface area contributed by atoms with Crippen molar-refractivity contribution in [3.63, 3.8) is 0 Å². The Labute approximate surface area is 211 Å². The molecule has 0 unspecified atom stereocenters. The van der Waals surface area contributed by atoms with Crippen LogP contribution in [0.1, 0.15) is 23.1 Å². The molecule has 1 N–H and O–H groups in total. The van der Waals surface area contributed by atoms with E-state index in [9.17, 15) is 13.2 Å². The van der Waals surface area contributed by atoms with Crippen LogP contribution in [0.4, 0.5) is 5.69 Å². The lowest BCUT2D eigenvalue weighted by atomic mass is 10.1. The molecule has 0 aromatic heterocycles. The van der Waals surface area contributed by atoms with Gasteiger partial charge in [-0.2, -0.15) is 11.8 Å². The quantitative estimate of drug-likeness (QED) is 0.337. The molecule has 0 aliphatic rings. The van der Waals surface area contributed by atoms with Crippen LogP contribution >= 0.6 is 23.4 Å². The molecular weight excluding hydrogens is 488 g/mol. The van der Waals surface area contributed by atoms with Crippen molar-refractivity contribution in [2.75, 3.05) is 23.1 Å². The summed E-state index contributed by atoms with van der Waals surface area (Å²) in [6.07, 6.45) is 0.774. The number of carbonyl (C=O) groups is 1. The highest BCUT2D eigenvalue weighted by molar-refractivity contribution is 7.98. The second kappa shape index (κ2) is 12.3. The van der Waals surface area contributed by atoms with Crippen LogP contribution in [0.15, 0.2) is 77.7 Å². The molecule has 0 bridgehead atoms. The zero-order valence-electron chi connectivity index (χ0n) is 19.3. The number of hydrogen-bond donors (Lipinski definition) is 1. The number of hydrogen-bond acceptors (Lipinski definition) is 4. The normalized spacial score (nSPS) is 11.3. The first-order chi connectivity index (χ1) is 16.3. The van der Waals surface area contributed by atoms with Crippen LogP contribution in [0.3, 0.4) is 0 Å². The number of aryl methyl sites for hydroxylation is 2. The Hall–Kier alpha value is -2.48. The van der Waals surface area contributed by atoms with E-state index in [0.29, 0.717) is 12.2 Å². The highest BCUT2D eigenvalue weighted by Crippen LogP contribution is 2.26. The van der Waals surface area contributed by atoms with Crippen LogP contribution in [-0.4, -0.2) is 33.2 Å². The van der Waals surface area contributed by atoms with Crippen LogP contribution < -0.4 is 9.62 Å². The average Bonchev–Trinajstić information content (AvgIpc) is 2.80. The van der Waals surface area contributed by atoms with E-state index in [1.165, 1.54) is 4.31 Å². The maximum Gasteiger partial charge on any atom is 0.264 e. The van der Waals surface area contributed by atoms with E-state index in [1.807, 2.05) is 44.2 Å². The molecule has 5 nitrogen and oxygen atoms in total. The number of benzene rings is 3. The van der Waals surface area contributed by atoms with Crippen LogP contribution in [0.5, 0.6) is 0 Å². The van der Waals surface area contributed by atoms with Gasteiger partial charge in [-0.1, -0.05) is 54.1 Å². The summed E-state index contributed by atoms with van der Waals surface area (Å²) < 4.78 is 28.0. The van der Waals surface area contributed by atoms with Gasteiger partial charge in [0, 0.05) is 17.3 Å². The summed E-state index contributed by atoms with van der Waals surface area (Å²) in [5, 5.41) is 3.62. The second-order valence-corrected chi connectivity index (χ2v) is 11.4. The van der Waals surface area contributed by atoms with Gasteiger partial charge in [0.05, 0.1) is 10.6 Å². The van der Waals surface area contributed by atoms with Crippen molar-refractivity contribution in [2.24, 2.45) is 0 Å². The predicted molar refractivity (Wildman–Crippen MR) is 142 cm³/mol. The van der Waals surface area contributed by atoms with Gasteiger partial charge >= 0.3 is 0 Å². The molecule has 0 saturated heterocycles. The van der Waals surface area contributed by atoms with Crippen molar-refractivity contribution >= 4 is 45.0 Å². The summed E-state index contributed by atoms with van der Waals surface area (Å²) in [6.45, 7) is 4.00. The van der Waals surface area contributed by atoms with Gasteiger partial charge in [0.25, 0.3) is 10.0 Å². The second-order valence-electron chi connectivity index (χ2n) is 8.02. The number of thioether (sulfide) groups is 1. The van der Waals surface area contributed by atoms with E-state index in [4.69, 9.17) is 11.6 Å². The summed E-state index contributed by atoms with van der Waals surface area (Å²) in [5.74, 6) is 1.33. The van der Waals surface area contributed by atoms with Crippen molar-refractivity contribution in [2.45, 2.75) is 30.9 Å². The summed E-state index contributed by atoms with van der Waals surface area (Å²) >= 11 is 7.93. The van der Waals surface area contributed by atoms with E-state index in [0.717, 1.165) is 39.6 Å². The first-order valence-electron chi connectivity index (χ1n) is 11.0. The predicted octanol–water partition coefficient (Wildman–Crippen LogP) is 5.59. The lowest BCUT2D eigenvalue weighted by Crippen LogP contribution is -2.41. The third kappa shape index (κ3) is 7.26. The first kappa shape index (κ1) is 26.1. The number of nitrogens with one attached hydrogen (secondary N) is 1. The van der Waals surface area contributed by atoms with Crippen LogP contribution in [0.2, 0.25) is 5.02 Å². The SMILES string of the molecule is Cc1cc(C)cc(N(CC(=O)NCCCSCc2ccccc2Cl)S(=O)(=O)c2ccccc2)c1. The Bertz CT molecular complexity index is 1200. The zero-order chi connectivity index (χ0) is 24.6. The van der Waals surface area contributed by atoms with E-state index in [1.54, 1.807) is 54.2 Å². The Morgan fingerprint density at radius 3 is 2.29 bits per heavy atom. The van der Waals surface area contributed by atoms with Gasteiger partial charge in [-0.15, -0.1) is 0 Å². The molecule has 3 aromatic carbocycles. The standard InChI is InChI=1S/C26H29ClN2O3S2/c1-20-15-21(2)17-23(16-20)29(34(31,32)24-10-4-3-5-11-24)18-26(30)28-13-8-14-33-19-22-9-6-7-12-25(22)27/h3-7,9-12,15-17H,8,13-14,18-19H2,1-2H3,(H,28,30). The maximum atomic E-state index is 13.4. The summed E-state index contributed by atoms with van der Waals surface area (Å²) in [5.41, 5.74) is 3.43. The van der Waals surface area contributed by atoms with Crippen LogP contribution in [-0.2, 0) is 20.6 Å². The van der Waals surface area contributed by atoms with Crippen LogP contribution in [0.25, 0.3) is 0 Å². The number of halogens is 1. The molecule has 3 rings (SSSR count). The van der Waals surface area contributed by atoms with Crippen LogP contribution in [0, 0.1) is 13.8 Å². The molecule has 0 atom stereocenters. The number of sulfonamides is 1. The van der Waals surface area contributed by atoms with Gasteiger partial charge in [0.2, 0.25) is 5.91 Å². The van der Waals surface area contributed by atoms with Gasteiger partial charge in [-0.25, -0.2) is 8.42 Å². The summed E-state index contributed by atoms with van der Waals surface area (Å²) in [6, 6.07) is 21.5. The largest absolute Gasteiger partial charge is 0.354 e. The molecule has 0 aliphatic heterocycles. The molecule has 34 heavy (non-hydrogen) atoms. The number of nitrogens with zero attached hydrogens (tertiary/aromatic N) is 1. The minimum Gasteiger partial charge on any atom is -0.354 e. The van der Waals surface area contributed by atoms with E-state index >= 15 is 0 Å². The molecule has 0 fully saturated rings. The van der Waals surface area contributed by atoms with Crippen molar-refractivity contribution in [3.05, 3.63) is 94.5 Å². The minimum absolute atomic E-state index is 0.151. The molecule has 0 aliphatic carbocycles. The molecule has 180 valence electrons. The molecule has 0 spiro atoms. The van der Waals surface area contributed by atoms with Crippen molar-refractivity contribution in [1.82, 2.24) is 5.32 Å². The minimum atomic E-state index is -3.90. The Morgan fingerprint density at radius 2 is 1.62 bits per heavy atom. The van der Waals surface area contributed by atoms with Gasteiger partial charge in [0.15, 0.2) is 0 Å². The van der Waals surface area contributed by atoms with Gasteiger partial charge in [-0.05, 0) is 73.0 Å². The average molecular weight is 517 g/mol. The molecule has 8 heteroatoms. The van der Waals surface area contributed by atoms with E-state index < -0.39 is 10.0 Å². The fraction of sp³-hybridized carbons (Fsp3) is 0.269. The molecule has 0 saturated carbocycles. The summed E-state index contributed by atoms with van der Waals surface area (Å²) in [7, 11) is -3.90. The fourth-order valence-corrected chi connectivity index (χ4v) is 6.19. The lowest BCUT2D eigenvalue weighted by molar-refractivity contribution is -0.119. The molecule has 0 radical (unpaired) electrons. The molecule has 3 aromatic rings. The molecule has 1 amide bonds. The lowest BCUT2D eigenvalue weighted by Gasteiger charge is -2.25. The third-order valence-corrected chi connectivity index (χ3v) is 8.37. The topological polar surface area (TPSA) is 66.5 Å². The number of rotatable bonds is 11. The van der Waals surface area contributed by atoms with E-state index in [-0.39, 0.29) is 17.3 Å². The number of anilines is 1. The van der Waals surface area contributed by atoms with Gasteiger partial charge in [-0.3, -0.25) is 9.10 Å². The van der Waals surface area contributed by atoms with Crippen molar-refractivity contribution in [1.29, 1.82) is 0 Å². The van der Waals surface area contributed by atoms with Gasteiger partial charge in [0.1, 0.15) is 6.54 Å². The number of amides is 1. The first-order valence-corrected chi connectivity index (χ1v) is 14.0. The third-order valence-electron chi connectivity index (χ3n) is 5.12. The smallest absolute Gasteiger partial charge is 0.264 e. The molecular formula is C26H29ClN2O3S2. The number of carbonyl (C=O) groups excluding carboxylic acids is 1. The monoisotopic (exact) mass is 516 g/mol. The van der Waals surface area contributed by atoms with Crippen molar-refractivity contribution in [3.8, 4) is 0 Å². The van der Waals surface area contributed by atoms with Crippen molar-refractivity contribution < 1.29 is 13.2 Å². The zero-order valence-corrected chi connectivity index (χ0v) is 21.7. The van der Waals surface area contributed by atoms with Gasteiger partial charge < -0.3 is 5.32 Å². The highest BCUT2D eigenvalue weighted by Gasteiger charge is 2.27. The maximum absolute atomic E-state index is 13.4. The Balaban J connectivity index is 1.61. The van der Waals surface area contributed by atoms with E-state index in [2.05, 4.69) is 5.32 Å². The Kier molecular flexibility index (Phi) is 9.45.